The first-order valence-electron chi connectivity index (χ1n) is 6.75. The van der Waals surface area contributed by atoms with Gasteiger partial charge in [-0.1, -0.05) is 12.1 Å². The van der Waals surface area contributed by atoms with Crippen LogP contribution in [0.5, 0.6) is 0 Å². The Morgan fingerprint density at radius 3 is 2.61 bits per heavy atom. The molecule has 0 unspecified atom stereocenters. The molecule has 0 spiro atoms. The Kier molecular flexibility index (Phi) is 4.65. The second-order valence-electron chi connectivity index (χ2n) is 4.84. The summed E-state index contributed by atoms with van der Waals surface area (Å²) in [5, 5.41) is 13.5. The van der Waals surface area contributed by atoms with Gasteiger partial charge in [0.25, 0.3) is 17.5 Å². The van der Waals surface area contributed by atoms with Crippen molar-refractivity contribution in [3.8, 4) is 0 Å². The van der Waals surface area contributed by atoms with Gasteiger partial charge in [0.1, 0.15) is 11.3 Å². The highest BCUT2D eigenvalue weighted by Crippen LogP contribution is 2.23. The molecule has 0 bridgehead atoms. The summed E-state index contributed by atoms with van der Waals surface area (Å²) in [5.41, 5.74) is 5.39. The van der Waals surface area contributed by atoms with Crippen LogP contribution in [0.3, 0.4) is 0 Å². The van der Waals surface area contributed by atoms with E-state index in [9.17, 15) is 19.7 Å². The zero-order valence-corrected chi connectivity index (χ0v) is 12.3. The molecule has 0 saturated carbocycles. The van der Waals surface area contributed by atoms with Gasteiger partial charge in [-0.15, -0.1) is 0 Å². The van der Waals surface area contributed by atoms with Crippen LogP contribution in [-0.4, -0.2) is 16.7 Å². The number of pyridine rings is 1. The van der Waals surface area contributed by atoms with E-state index in [1.807, 2.05) is 0 Å². The van der Waals surface area contributed by atoms with Crippen LogP contribution in [0.25, 0.3) is 0 Å². The third-order valence-electron chi connectivity index (χ3n) is 3.29. The fraction of sp³-hybridized carbons (Fsp3) is 0.133. The number of amides is 2. The standard InChI is InChI=1S/C15H14N4O4/c1-10(18-8-4-5-11(9-18)14(16)20)15(21)17-12-6-2-3-7-13(12)19(22)23/h2-10H,1H3,(H2-,16,17,20,21)/p+1/t10-/m0/s1. The zero-order chi connectivity index (χ0) is 17.0. The summed E-state index contributed by atoms with van der Waals surface area (Å²) in [7, 11) is 0. The smallest absolute Gasteiger partial charge is 0.293 e. The number of nitrogens with zero attached hydrogens (tertiary/aromatic N) is 2. The molecule has 2 amide bonds. The van der Waals surface area contributed by atoms with Crippen molar-refractivity contribution in [1.82, 2.24) is 0 Å². The third kappa shape index (κ3) is 3.67. The molecule has 0 saturated heterocycles. The lowest BCUT2D eigenvalue weighted by Gasteiger charge is -2.09. The maximum Gasteiger partial charge on any atom is 0.293 e. The fourth-order valence-corrected chi connectivity index (χ4v) is 1.99. The van der Waals surface area contributed by atoms with Gasteiger partial charge in [0.2, 0.25) is 6.04 Å². The summed E-state index contributed by atoms with van der Waals surface area (Å²) >= 11 is 0. The highest BCUT2D eigenvalue weighted by molar-refractivity contribution is 5.94. The van der Waals surface area contributed by atoms with Gasteiger partial charge in [0.05, 0.1) is 4.92 Å². The molecule has 1 heterocycles. The lowest BCUT2D eigenvalue weighted by Crippen LogP contribution is -2.44. The first kappa shape index (κ1) is 16.1. The molecule has 0 fully saturated rings. The minimum Gasteiger partial charge on any atom is -0.365 e. The summed E-state index contributed by atoms with van der Waals surface area (Å²) < 4.78 is 1.50. The number of para-hydroxylation sites is 2. The minimum atomic E-state index is -0.686. The Hall–Kier alpha value is -3.29. The van der Waals surface area contributed by atoms with Crippen molar-refractivity contribution >= 4 is 23.2 Å². The monoisotopic (exact) mass is 315 g/mol. The van der Waals surface area contributed by atoms with Crippen LogP contribution >= 0.6 is 0 Å². The van der Waals surface area contributed by atoms with E-state index < -0.39 is 22.8 Å². The van der Waals surface area contributed by atoms with Gasteiger partial charge in [-0.25, -0.2) is 0 Å². The average molecular weight is 315 g/mol. The van der Waals surface area contributed by atoms with E-state index in [0.717, 1.165) is 0 Å². The van der Waals surface area contributed by atoms with Crippen molar-refractivity contribution in [2.24, 2.45) is 5.73 Å². The average Bonchev–Trinajstić information content (AvgIpc) is 2.54. The van der Waals surface area contributed by atoms with Gasteiger partial charge in [0.15, 0.2) is 12.4 Å². The Labute approximate surface area is 131 Å². The Balaban J connectivity index is 2.23. The van der Waals surface area contributed by atoms with Crippen LogP contribution in [0, 0.1) is 10.1 Å². The molecule has 2 aromatic rings. The van der Waals surface area contributed by atoms with E-state index in [4.69, 9.17) is 5.73 Å². The number of hydrogen-bond acceptors (Lipinski definition) is 4. The molecule has 8 nitrogen and oxygen atoms in total. The van der Waals surface area contributed by atoms with E-state index >= 15 is 0 Å². The number of hydrogen-bond donors (Lipinski definition) is 2. The number of carbonyl (C=O) groups is 2. The highest BCUT2D eigenvalue weighted by Gasteiger charge is 2.25. The van der Waals surface area contributed by atoms with E-state index in [0.29, 0.717) is 0 Å². The SMILES string of the molecule is C[C@@H](C(=O)Nc1ccccc1[N+](=O)[O-])[n+]1cccc(C(N)=O)c1. The van der Waals surface area contributed by atoms with Crippen LogP contribution in [0.2, 0.25) is 0 Å². The Bertz CT molecular complexity index is 776. The molecule has 3 N–H and O–H groups in total. The maximum atomic E-state index is 12.3. The second-order valence-corrected chi connectivity index (χ2v) is 4.84. The highest BCUT2D eigenvalue weighted by atomic mass is 16.6. The molecular weight excluding hydrogens is 300 g/mol. The zero-order valence-electron chi connectivity index (χ0n) is 12.3. The van der Waals surface area contributed by atoms with Crippen molar-refractivity contribution in [2.75, 3.05) is 5.32 Å². The van der Waals surface area contributed by atoms with Crippen LogP contribution in [0.1, 0.15) is 23.3 Å². The molecule has 2 rings (SSSR count). The molecule has 1 atom stereocenters. The number of benzene rings is 1. The number of carbonyl (C=O) groups excluding carboxylic acids is 2. The molecule has 118 valence electrons. The Morgan fingerprint density at radius 2 is 1.96 bits per heavy atom. The summed E-state index contributed by atoms with van der Waals surface area (Å²) in [4.78, 5) is 33.9. The molecular formula is C15H15N4O4+. The summed E-state index contributed by atoms with van der Waals surface area (Å²) in [5.74, 6) is -1.06. The van der Waals surface area contributed by atoms with Crippen LogP contribution in [0.15, 0.2) is 48.8 Å². The number of nitrogens with one attached hydrogen (secondary N) is 1. The van der Waals surface area contributed by atoms with Gasteiger partial charge in [-0.2, -0.15) is 4.57 Å². The number of nitro benzene ring substituents is 1. The number of primary amides is 1. The number of nitro groups is 1. The van der Waals surface area contributed by atoms with Gasteiger partial charge in [-0.3, -0.25) is 19.7 Å². The number of rotatable bonds is 5. The van der Waals surface area contributed by atoms with E-state index in [2.05, 4.69) is 5.32 Å². The van der Waals surface area contributed by atoms with Crippen molar-refractivity contribution in [1.29, 1.82) is 0 Å². The second kappa shape index (κ2) is 6.65. The van der Waals surface area contributed by atoms with Gasteiger partial charge < -0.3 is 11.1 Å². The van der Waals surface area contributed by atoms with Gasteiger partial charge >= 0.3 is 0 Å². The lowest BCUT2D eigenvalue weighted by atomic mass is 10.2. The summed E-state index contributed by atoms with van der Waals surface area (Å²) in [6, 6.07) is 8.31. The van der Waals surface area contributed by atoms with Crippen molar-refractivity contribution in [2.45, 2.75) is 13.0 Å². The van der Waals surface area contributed by atoms with Crippen LogP contribution in [0.4, 0.5) is 11.4 Å². The number of aromatic nitrogens is 1. The molecule has 0 aliphatic carbocycles. The van der Waals surface area contributed by atoms with Crippen molar-refractivity contribution in [3.63, 3.8) is 0 Å². The molecule has 8 heteroatoms. The number of nitrogens with two attached hydrogens (primary N) is 1. The van der Waals surface area contributed by atoms with E-state index in [-0.39, 0.29) is 16.9 Å². The molecule has 1 aromatic heterocycles. The van der Waals surface area contributed by atoms with Crippen molar-refractivity contribution < 1.29 is 19.1 Å². The Morgan fingerprint density at radius 1 is 1.26 bits per heavy atom. The van der Waals surface area contributed by atoms with Gasteiger partial charge in [-0.05, 0) is 12.1 Å². The maximum absolute atomic E-state index is 12.3. The minimum absolute atomic E-state index is 0.112. The lowest BCUT2D eigenvalue weighted by molar-refractivity contribution is -0.705. The molecule has 0 radical (unpaired) electrons. The van der Waals surface area contributed by atoms with E-state index in [1.54, 1.807) is 25.3 Å². The topological polar surface area (TPSA) is 119 Å². The first-order chi connectivity index (χ1) is 10.9. The third-order valence-corrected chi connectivity index (χ3v) is 3.29. The predicted octanol–water partition coefficient (Wildman–Crippen LogP) is 1.18. The fourth-order valence-electron chi connectivity index (χ4n) is 1.99. The predicted molar refractivity (Wildman–Crippen MR) is 81.6 cm³/mol. The molecule has 0 aliphatic heterocycles. The normalized spacial score (nSPS) is 11.5. The quantitative estimate of drug-likeness (QED) is 0.489. The summed E-state index contributed by atoms with van der Waals surface area (Å²) in [6.45, 7) is 1.61. The van der Waals surface area contributed by atoms with Crippen LogP contribution in [-0.2, 0) is 4.79 Å². The number of anilines is 1. The molecule has 1 aromatic carbocycles. The van der Waals surface area contributed by atoms with E-state index in [1.165, 1.54) is 35.0 Å². The van der Waals surface area contributed by atoms with Gasteiger partial charge in [0, 0.05) is 19.1 Å². The molecule has 0 aliphatic rings. The van der Waals surface area contributed by atoms with Crippen LogP contribution < -0.4 is 15.6 Å². The largest absolute Gasteiger partial charge is 0.365 e. The summed E-state index contributed by atoms with van der Waals surface area (Å²) in [6.07, 6.45) is 3.06. The molecule has 23 heavy (non-hydrogen) atoms. The van der Waals surface area contributed by atoms with Crippen molar-refractivity contribution in [3.05, 3.63) is 64.5 Å². The first-order valence-corrected chi connectivity index (χ1v) is 6.75.